The molecule has 0 spiro atoms. The van der Waals surface area contributed by atoms with Gasteiger partial charge in [-0.3, -0.25) is 4.79 Å². The summed E-state index contributed by atoms with van der Waals surface area (Å²) in [6, 6.07) is 0. The fraction of sp³-hybridized carbons (Fsp3) is 0.167. The fourth-order valence-electron chi connectivity index (χ4n) is 0.572. The molecule has 0 radical (unpaired) electrons. The Balaban J connectivity index is 3.08. The molecule has 0 unspecified atom stereocenters. The first-order chi connectivity index (χ1) is 4.88. The highest BCUT2D eigenvalue weighted by Gasteiger charge is 1.99. The largest absolute Gasteiger partial charge is 0.493 e. The highest BCUT2D eigenvalue weighted by Crippen LogP contribution is 2.08. The molecule has 0 amide bonds. The zero-order valence-corrected chi connectivity index (χ0v) is 5.44. The van der Waals surface area contributed by atoms with Crippen LogP contribution in [0, 0.1) is 0 Å². The summed E-state index contributed by atoms with van der Waals surface area (Å²) in [5, 5.41) is 0. The Labute approximate surface area is 57.9 Å². The minimum Gasteiger partial charge on any atom is -0.493 e. The molecule has 1 rings (SSSR count). The van der Waals surface area contributed by atoms with Gasteiger partial charge in [0.25, 0.3) is 0 Å². The summed E-state index contributed by atoms with van der Waals surface area (Å²) in [6.07, 6.45) is 3.36. The van der Waals surface area contributed by atoms with Gasteiger partial charge in [0.05, 0.1) is 13.3 Å². The third-order valence-corrected chi connectivity index (χ3v) is 1.04. The summed E-state index contributed by atoms with van der Waals surface area (Å²) in [4.78, 5) is 17.5. The molecule has 4 nitrogen and oxygen atoms in total. The predicted molar refractivity (Wildman–Crippen MR) is 34.0 cm³/mol. The first-order valence-electron chi connectivity index (χ1n) is 2.67. The van der Waals surface area contributed by atoms with E-state index in [1.807, 2.05) is 0 Å². The van der Waals surface area contributed by atoms with Crippen LogP contribution in [0.15, 0.2) is 12.5 Å². The van der Waals surface area contributed by atoms with Crippen LogP contribution in [0.5, 0.6) is 5.75 Å². The van der Waals surface area contributed by atoms with Crippen molar-refractivity contribution in [1.29, 1.82) is 0 Å². The molecule has 0 bridgehead atoms. The van der Waals surface area contributed by atoms with Crippen molar-refractivity contribution in [2.75, 3.05) is 7.11 Å². The number of aldehydes is 1. The minimum absolute atomic E-state index is 0.275. The standard InChI is InChI=1S/C6H6N2O2/c1-10-6-2-7-4-8-5(6)3-9/h2-4H,1H3. The fourth-order valence-corrected chi connectivity index (χ4v) is 0.572. The lowest BCUT2D eigenvalue weighted by Crippen LogP contribution is -1.93. The second-order valence-corrected chi connectivity index (χ2v) is 1.59. The van der Waals surface area contributed by atoms with Crippen LogP contribution in [0.1, 0.15) is 10.5 Å². The van der Waals surface area contributed by atoms with E-state index in [0.717, 1.165) is 0 Å². The van der Waals surface area contributed by atoms with Crippen molar-refractivity contribution >= 4 is 6.29 Å². The van der Waals surface area contributed by atoms with Crippen LogP contribution in [0.2, 0.25) is 0 Å². The molecule has 0 aliphatic carbocycles. The molecule has 1 heterocycles. The smallest absolute Gasteiger partial charge is 0.172 e. The van der Waals surface area contributed by atoms with Crippen molar-refractivity contribution < 1.29 is 9.53 Å². The molecule has 0 saturated carbocycles. The summed E-state index contributed by atoms with van der Waals surface area (Å²) < 4.78 is 4.78. The van der Waals surface area contributed by atoms with Crippen LogP contribution in [0.4, 0.5) is 0 Å². The van der Waals surface area contributed by atoms with Gasteiger partial charge in [0.1, 0.15) is 12.0 Å². The summed E-state index contributed by atoms with van der Waals surface area (Å²) >= 11 is 0. The lowest BCUT2D eigenvalue weighted by atomic mass is 10.4. The molecular weight excluding hydrogens is 132 g/mol. The maximum atomic E-state index is 10.2. The van der Waals surface area contributed by atoms with Crippen LogP contribution in [-0.4, -0.2) is 23.4 Å². The van der Waals surface area contributed by atoms with Gasteiger partial charge in [-0.15, -0.1) is 0 Å². The normalized spacial score (nSPS) is 8.90. The highest BCUT2D eigenvalue weighted by molar-refractivity contribution is 5.75. The van der Waals surface area contributed by atoms with Gasteiger partial charge in [0, 0.05) is 0 Å². The zero-order valence-electron chi connectivity index (χ0n) is 5.44. The molecular formula is C6H6N2O2. The van der Waals surface area contributed by atoms with E-state index < -0.39 is 0 Å². The van der Waals surface area contributed by atoms with Crippen molar-refractivity contribution in [3.63, 3.8) is 0 Å². The Morgan fingerprint density at radius 3 is 3.00 bits per heavy atom. The number of ether oxygens (including phenoxy) is 1. The number of hydrogen-bond acceptors (Lipinski definition) is 4. The van der Waals surface area contributed by atoms with Crippen LogP contribution in [0.3, 0.4) is 0 Å². The van der Waals surface area contributed by atoms with Gasteiger partial charge in [-0.2, -0.15) is 0 Å². The average Bonchev–Trinajstić information content (AvgIpc) is 2.04. The Morgan fingerprint density at radius 2 is 2.50 bits per heavy atom. The summed E-state index contributed by atoms with van der Waals surface area (Å²) in [7, 11) is 1.46. The summed E-state index contributed by atoms with van der Waals surface area (Å²) in [6.45, 7) is 0. The van der Waals surface area contributed by atoms with Crippen molar-refractivity contribution in [2.45, 2.75) is 0 Å². The molecule has 1 aromatic rings. The molecule has 0 saturated heterocycles. The van der Waals surface area contributed by atoms with Crippen LogP contribution < -0.4 is 4.74 Å². The number of carbonyl (C=O) groups excluding carboxylic acids is 1. The first-order valence-corrected chi connectivity index (χ1v) is 2.67. The molecule has 0 aromatic carbocycles. The van der Waals surface area contributed by atoms with E-state index in [2.05, 4.69) is 9.97 Å². The molecule has 0 fully saturated rings. The Hall–Kier alpha value is -1.45. The van der Waals surface area contributed by atoms with Crippen molar-refractivity contribution in [2.24, 2.45) is 0 Å². The second-order valence-electron chi connectivity index (χ2n) is 1.59. The Kier molecular flexibility index (Phi) is 1.94. The number of carbonyl (C=O) groups is 1. The van der Waals surface area contributed by atoms with Crippen LogP contribution >= 0.6 is 0 Å². The molecule has 0 aliphatic rings. The number of methoxy groups -OCH3 is 1. The Bertz CT molecular complexity index is 237. The summed E-state index contributed by atoms with van der Waals surface area (Å²) in [5.74, 6) is 0.400. The molecule has 52 valence electrons. The minimum atomic E-state index is 0.275. The predicted octanol–water partition coefficient (Wildman–Crippen LogP) is 0.298. The molecule has 1 aromatic heterocycles. The molecule has 0 N–H and O–H groups in total. The van der Waals surface area contributed by atoms with Gasteiger partial charge >= 0.3 is 0 Å². The number of aromatic nitrogens is 2. The molecule has 10 heavy (non-hydrogen) atoms. The SMILES string of the molecule is COc1cncnc1C=O. The second kappa shape index (κ2) is 2.91. The van der Waals surface area contributed by atoms with Gasteiger partial charge in [-0.1, -0.05) is 0 Å². The lowest BCUT2D eigenvalue weighted by Gasteiger charge is -1.97. The molecule has 0 atom stereocenters. The third-order valence-electron chi connectivity index (χ3n) is 1.04. The van der Waals surface area contributed by atoms with Gasteiger partial charge in [0.2, 0.25) is 0 Å². The Morgan fingerprint density at radius 1 is 1.70 bits per heavy atom. The maximum absolute atomic E-state index is 10.2. The van der Waals surface area contributed by atoms with Gasteiger partial charge < -0.3 is 4.74 Å². The van der Waals surface area contributed by atoms with E-state index in [9.17, 15) is 4.79 Å². The van der Waals surface area contributed by atoms with Crippen LogP contribution in [0.25, 0.3) is 0 Å². The highest BCUT2D eigenvalue weighted by atomic mass is 16.5. The number of nitrogens with zero attached hydrogens (tertiary/aromatic N) is 2. The van der Waals surface area contributed by atoms with Crippen LogP contribution in [-0.2, 0) is 0 Å². The molecule has 0 aliphatic heterocycles. The lowest BCUT2D eigenvalue weighted by molar-refractivity contribution is 0.111. The average molecular weight is 138 g/mol. The molecule has 4 heteroatoms. The van der Waals surface area contributed by atoms with E-state index in [1.165, 1.54) is 19.6 Å². The maximum Gasteiger partial charge on any atom is 0.172 e. The van der Waals surface area contributed by atoms with E-state index >= 15 is 0 Å². The van der Waals surface area contributed by atoms with E-state index in [4.69, 9.17) is 4.74 Å². The first kappa shape index (κ1) is 6.67. The van der Waals surface area contributed by atoms with Crippen molar-refractivity contribution in [3.05, 3.63) is 18.2 Å². The monoisotopic (exact) mass is 138 g/mol. The van der Waals surface area contributed by atoms with Crippen molar-refractivity contribution in [3.8, 4) is 5.75 Å². The van der Waals surface area contributed by atoms with Crippen molar-refractivity contribution in [1.82, 2.24) is 9.97 Å². The number of hydrogen-bond donors (Lipinski definition) is 0. The van der Waals surface area contributed by atoms with Gasteiger partial charge in [0.15, 0.2) is 12.0 Å². The van der Waals surface area contributed by atoms with Gasteiger partial charge in [-0.05, 0) is 0 Å². The quantitative estimate of drug-likeness (QED) is 0.551. The topological polar surface area (TPSA) is 52.1 Å². The zero-order chi connectivity index (χ0) is 7.40. The van der Waals surface area contributed by atoms with E-state index in [-0.39, 0.29) is 5.69 Å². The van der Waals surface area contributed by atoms with E-state index in [0.29, 0.717) is 12.0 Å². The van der Waals surface area contributed by atoms with Gasteiger partial charge in [-0.25, -0.2) is 9.97 Å². The third kappa shape index (κ3) is 1.10. The summed E-state index contributed by atoms with van der Waals surface area (Å²) in [5.41, 5.74) is 0.275. The number of rotatable bonds is 2. The van der Waals surface area contributed by atoms with E-state index in [1.54, 1.807) is 0 Å².